The minimum atomic E-state index is -0.930. The summed E-state index contributed by atoms with van der Waals surface area (Å²) in [5.74, 6) is -0.561. The van der Waals surface area contributed by atoms with Crippen LogP contribution >= 0.6 is 0 Å². The predicted molar refractivity (Wildman–Crippen MR) is 78.3 cm³/mol. The van der Waals surface area contributed by atoms with E-state index in [4.69, 9.17) is 4.74 Å². The van der Waals surface area contributed by atoms with E-state index in [1.54, 1.807) is 6.92 Å². The zero-order valence-corrected chi connectivity index (χ0v) is 12.4. The third kappa shape index (κ3) is 3.17. The molecule has 0 saturated heterocycles. The van der Waals surface area contributed by atoms with Gasteiger partial charge in [-0.1, -0.05) is 25.1 Å². The van der Waals surface area contributed by atoms with E-state index in [9.17, 15) is 14.7 Å². The van der Waals surface area contributed by atoms with E-state index in [1.165, 1.54) is 0 Å². The lowest BCUT2D eigenvalue weighted by Gasteiger charge is -2.28. The number of amides is 1. The fourth-order valence-electron chi connectivity index (χ4n) is 2.37. The van der Waals surface area contributed by atoms with Crippen LogP contribution in [0, 0.1) is 5.41 Å². The number of carbonyl (C=O) groups excluding carboxylic acids is 1. The van der Waals surface area contributed by atoms with Crippen molar-refractivity contribution in [3.8, 4) is 5.75 Å². The van der Waals surface area contributed by atoms with E-state index >= 15 is 0 Å². The molecule has 2 N–H and O–H groups in total. The van der Waals surface area contributed by atoms with Gasteiger partial charge in [0, 0.05) is 12.1 Å². The van der Waals surface area contributed by atoms with Gasteiger partial charge < -0.3 is 15.2 Å². The Balaban J connectivity index is 2.07. The quantitative estimate of drug-likeness (QED) is 0.871. The number of carboxylic acid groups (broad SMARTS) is 1. The van der Waals surface area contributed by atoms with Crippen molar-refractivity contribution in [2.45, 2.75) is 32.6 Å². The molecule has 2 rings (SSSR count). The fourth-order valence-corrected chi connectivity index (χ4v) is 2.37. The lowest BCUT2D eigenvalue weighted by Crippen LogP contribution is -2.42. The topological polar surface area (TPSA) is 75.6 Å². The van der Waals surface area contributed by atoms with Crippen molar-refractivity contribution in [2.24, 2.45) is 5.41 Å². The Bertz CT molecular complexity index is 543. The second kappa shape index (κ2) is 6.16. The molecule has 2 atom stereocenters. The summed E-state index contributed by atoms with van der Waals surface area (Å²) in [7, 11) is 0. The molecule has 1 heterocycles. The van der Waals surface area contributed by atoms with Crippen LogP contribution in [0.1, 0.15) is 38.2 Å². The van der Waals surface area contributed by atoms with Gasteiger partial charge in [-0.05, 0) is 25.8 Å². The van der Waals surface area contributed by atoms with Crippen molar-refractivity contribution in [2.75, 3.05) is 13.2 Å². The molecule has 0 fully saturated rings. The molecule has 1 amide bonds. The molecule has 1 aliphatic rings. The Hall–Kier alpha value is -2.04. The van der Waals surface area contributed by atoms with Crippen LogP contribution in [-0.2, 0) is 9.59 Å². The summed E-state index contributed by atoms with van der Waals surface area (Å²) in [6.45, 7) is 4.09. The van der Waals surface area contributed by atoms with Crippen LogP contribution in [-0.4, -0.2) is 30.1 Å². The molecule has 0 radical (unpaired) electrons. The fraction of sp³-hybridized carbons (Fsp3) is 0.500. The smallest absolute Gasteiger partial charge is 0.311 e. The van der Waals surface area contributed by atoms with Crippen molar-refractivity contribution in [3.05, 3.63) is 29.8 Å². The number of para-hydroxylation sites is 1. The van der Waals surface area contributed by atoms with Gasteiger partial charge in [0.05, 0.1) is 17.9 Å². The number of carboxylic acids is 1. The summed E-state index contributed by atoms with van der Waals surface area (Å²) in [4.78, 5) is 23.7. The van der Waals surface area contributed by atoms with Crippen LogP contribution in [0.4, 0.5) is 0 Å². The third-order valence-electron chi connectivity index (χ3n) is 4.22. The molecule has 5 heteroatoms. The first-order chi connectivity index (χ1) is 9.98. The highest BCUT2D eigenvalue weighted by atomic mass is 16.5. The molecule has 2 unspecified atom stereocenters. The van der Waals surface area contributed by atoms with Crippen LogP contribution in [0.15, 0.2) is 24.3 Å². The molecule has 114 valence electrons. The Morgan fingerprint density at radius 1 is 1.43 bits per heavy atom. The number of ether oxygens (including phenoxy) is 1. The Morgan fingerprint density at radius 3 is 2.81 bits per heavy atom. The molecule has 0 aromatic heterocycles. The molecule has 5 nitrogen and oxygen atoms in total. The zero-order chi connectivity index (χ0) is 15.5. The largest absolute Gasteiger partial charge is 0.493 e. The molecular formula is C16H21NO4. The van der Waals surface area contributed by atoms with Gasteiger partial charge in [0.2, 0.25) is 5.91 Å². The lowest BCUT2D eigenvalue weighted by atomic mass is 9.87. The van der Waals surface area contributed by atoms with Gasteiger partial charge in [0.1, 0.15) is 5.75 Å². The van der Waals surface area contributed by atoms with E-state index in [0.29, 0.717) is 19.4 Å². The maximum atomic E-state index is 12.4. The van der Waals surface area contributed by atoms with Gasteiger partial charge in [-0.15, -0.1) is 0 Å². The second-order valence-corrected chi connectivity index (χ2v) is 5.66. The van der Waals surface area contributed by atoms with Gasteiger partial charge in [-0.3, -0.25) is 9.59 Å². The molecular weight excluding hydrogens is 270 g/mol. The first kappa shape index (κ1) is 15.4. The van der Waals surface area contributed by atoms with Crippen LogP contribution in [0.3, 0.4) is 0 Å². The van der Waals surface area contributed by atoms with E-state index in [2.05, 4.69) is 5.32 Å². The number of hydrogen-bond acceptors (Lipinski definition) is 3. The highest BCUT2D eigenvalue weighted by molar-refractivity contribution is 5.85. The van der Waals surface area contributed by atoms with E-state index in [-0.39, 0.29) is 18.4 Å². The monoisotopic (exact) mass is 291 g/mol. The molecule has 1 aromatic rings. The summed E-state index contributed by atoms with van der Waals surface area (Å²) < 4.78 is 5.53. The summed E-state index contributed by atoms with van der Waals surface area (Å²) in [5, 5.41) is 12.0. The van der Waals surface area contributed by atoms with Crippen molar-refractivity contribution < 1.29 is 19.4 Å². The van der Waals surface area contributed by atoms with Crippen LogP contribution in [0.2, 0.25) is 0 Å². The van der Waals surface area contributed by atoms with Gasteiger partial charge in [-0.2, -0.15) is 0 Å². The zero-order valence-electron chi connectivity index (χ0n) is 12.4. The number of nitrogens with one attached hydrogen (secondary N) is 1. The molecule has 21 heavy (non-hydrogen) atoms. The second-order valence-electron chi connectivity index (χ2n) is 5.66. The Morgan fingerprint density at radius 2 is 2.14 bits per heavy atom. The van der Waals surface area contributed by atoms with Gasteiger partial charge in [0.25, 0.3) is 0 Å². The van der Waals surface area contributed by atoms with Crippen molar-refractivity contribution >= 4 is 11.9 Å². The van der Waals surface area contributed by atoms with Gasteiger partial charge in [-0.25, -0.2) is 0 Å². The number of hydrogen-bond donors (Lipinski definition) is 2. The predicted octanol–water partition coefficient (Wildman–Crippen LogP) is 2.17. The van der Waals surface area contributed by atoms with Gasteiger partial charge >= 0.3 is 5.97 Å². The summed E-state index contributed by atoms with van der Waals surface area (Å²) in [6.07, 6.45) is 1.08. The first-order valence-electron chi connectivity index (χ1n) is 7.21. The van der Waals surface area contributed by atoms with Crippen molar-refractivity contribution in [1.29, 1.82) is 0 Å². The average Bonchev–Trinajstić information content (AvgIpc) is 2.51. The molecule has 0 bridgehead atoms. The van der Waals surface area contributed by atoms with E-state index in [1.807, 2.05) is 31.2 Å². The SMILES string of the molecule is CCC(C)(CNC(=O)C1CCOc2ccccc21)C(=O)O. The highest BCUT2D eigenvalue weighted by Crippen LogP contribution is 2.33. The summed E-state index contributed by atoms with van der Waals surface area (Å²) >= 11 is 0. The average molecular weight is 291 g/mol. The maximum Gasteiger partial charge on any atom is 0.311 e. The van der Waals surface area contributed by atoms with Crippen LogP contribution < -0.4 is 10.1 Å². The van der Waals surface area contributed by atoms with E-state index in [0.717, 1.165) is 11.3 Å². The minimum absolute atomic E-state index is 0.133. The molecule has 0 spiro atoms. The van der Waals surface area contributed by atoms with Crippen LogP contribution in [0.5, 0.6) is 5.75 Å². The number of aliphatic carboxylic acids is 1. The van der Waals surface area contributed by atoms with Gasteiger partial charge in [0.15, 0.2) is 0 Å². The minimum Gasteiger partial charge on any atom is -0.493 e. The number of benzene rings is 1. The molecule has 1 aromatic carbocycles. The van der Waals surface area contributed by atoms with Crippen molar-refractivity contribution in [3.63, 3.8) is 0 Å². The highest BCUT2D eigenvalue weighted by Gasteiger charge is 2.33. The lowest BCUT2D eigenvalue weighted by molar-refractivity contribution is -0.148. The third-order valence-corrected chi connectivity index (χ3v) is 4.22. The standard InChI is InChI=1S/C16H21NO4/c1-3-16(2,15(19)20)10-17-14(18)12-8-9-21-13-7-5-4-6-11(12)13/h4-7,12H,3,8-10H2,1-2H3,(H,17,18)(H,19,20). The van der Waals surface area contributed by atoms with Crippen molar-refractivity contribution in [1.82, 2.24) is 5.32 Å². The number of fused-ring (bicyclic) bond motifs is 1. The Kier molecular flexibility index (Phi) is 4.50. The summed E-state index contributed by atoms with van der Waals surface area (Å²) in [6, 6.07) is 7.48. The number of carbonyl (C=O) groups is 2. The number of rotatable bonds is 5. The molecule has 0 aliphatic carbocycles. The Labute approximate surface area is 124 Å². The molecule has 0 saturated carbocycles. The van der Waals surface area contributed by atoms with E-state index < -0.39 is 11.4 Å². The summed E-state index contributed by atoms with van der Waals surface area (Å²) in [5.41, 5.74) is -0.0601. The first-order valence-corrected chi connectivity index (χ1v) is 7.21. The normalized spacial score (nSPS) is 19.8. The maximum absolute atomic E-state index is 12.4. The van der Waals surface area contributed by atoms with Crippen LogP contribution in [0.25, 0.3) is 0 Å². The molecule has 1 aliphatic heterocycles.